The van der Waals surface area contributed by atoms with Crippen molar-refractivity contribution in [2.24, 2.45) is 11.8 Å². The van der Waals surface area contributed by atoms with Gasteiger partial charge in [0.25, 0.3) is 5.91 Å². The highest BCUT2D eigenvalue weighted by atomic mass is 16.2. The third-order valence-electron chi connectivity index (χ3n) is 6.95. The van der Waals surface area contributed by atoms with Crippen molar-refractivity contribution >= 4 is 28.0 Å². The van der Waals surface area contributed by atoms with E-state index in [1.165, 1.54) is 0 Å². The van der Waals surface area contributed by atoms with E-state index in [0.717, 1.165) is 47.8 Å². The Bertz CT molecular complexity index is 1200. The molecule has 0 aromatic carbocycles. The standard InChI is InChI=1S/C23H25N7O.H2/c24-9-5-15-1-3-17(4-2-15)30-20-18-6-10-26-21(18)27-14-19(20)28-22(30)23(31)29-11-7-16(13-25)8-12-29;/h6,10,14-17H,1-5,7-8,11-12H2,(H,26,27);1H. The summed E-state index contributed by atoms with van der Waals surface area (Å²) in [5.41, 5.74) is 2.49. The van der Waals surface area contributed by atoms with Crippen LogP contribution in [0.25, 0.3) is 22.1 Å². The molecule has 1 aliphatic heterocycles. The van der Waals surface area contributed by atoms with Crippen molar-refractivity contribution in [2.45, 2.75) is 51.0 Å². The summed E-state index contributed by atoms with van der Waals surface area (Å²) in [4.78, 5) is 27.8. The number of nitriles is 2. The Labute approximate surface area is 182 Å². The largest absolute Gasteiger partial charge is 0.346 e. The third kappa shape index (κ3) is 3.42. The van der Waals surface area contributed by atoms with Gasteiger partial charge in [-0.05, 0) is 50.5 Å². The molecule has 31 heavy (non-hydrogen) atoms. The van der Waals surface area contributed by atoms with Crippen molar-refractivity contribution in [2.75, 3.05) is 13.1 Å². The zero-order chi connectivity index (χ0) is 21.4. The van der Waals surface area contributed by atoms with Crippen LogP contribution in [0.4, 0.5) is 0 Å². The van der Waals surface area contributed by atoms with Gasteiger partial charge in [0.2, 0.25) is 5.82 Å². The minimum absolute atomic E-state index is 0. The fourth-order valence-corrected chi connectivity index (χ4v) is 5.19. The molecule has 160 valence electrons. The van der Waals surface area contributed by atoms with Crippen molar-refractivity contribution in [1.29, 1.82) is 10.5 Å². The molecule has 0 atom stereocenters. The Morgan fingerprint density at radius 3 is 2.68 bits per heavy atom. The molecule has 0 bridgehead atoms. The van der Waals surface area contributed by atoms with E-state index in [2.05, 4.69) is 26.7 Å². The van der Waals surface area contributed by atoms with Crippen LogP contribution in [-0.2, 0) is 0 Å². The molecule has 3 aromatic heterocycles. The minimum atomic E-state index is -0.0598. The molecule has 5 rings (SSSR count). The summed E-state index contributed by atoms with van der Waals surface area (Å²) in [6.07, 6.45) is 9.48. The Kier molecular flexibility index (Phi) is 5.07. The highest BCUT2D eigenvalue weighted by molar-refractivity contribution is 6.04. The first-order valence-corrected chi connectivity index (χ1v) is 11.1. The second kappa shape index (κ2) is 8.03. The third-order valence-corrected chi connectivity index (χ3v) is 6.95. The fourth-order valence-electron chi connectivity index (χ4n) is 5.19. The zero-order valence-electron chi connectivity index (χ0n) is 17.4. The van der Waals surface area contributed by atoms with Gasteiger partial charge in [-0.2, -0.15) is 10.5 Å². The molecule has 0 spiro atoms. The molecule has 0 unspecified atom stereocenters. The summed E-state index contributed by atoms with van der Waals surface area (Å²) in [7, 11) is 0. The van der Waals surface area contributed by atoms with Gasteiger partial charge >= 0.3 is 0 Å². The second-order valence-corrected chi connectivity index (χ2v) is 8.77. The predicted molar refractivity (Wildman–Crippen MR) is 117 cm³/mol. The average Bonchev–Trinajstić information content (AvgIpc) is 3.44. The molecular weight excluding hydrogens is 390 g/mol. The van der Waals surface area contributed by atoms with Gasteiger partial charge in [-0.3, -0.25) is 4.79 Å². The van der Waals surface area contributed by atoms with Gasteiger partial charge in [0.05, 0.1) is 23.9 Å². The number of H-pyrrole nitrogens is 1. The second-order valence-electron chi connectivity index (χ2n) is 8.77. The number of amides is 1. The summed E-state index contributed by atoms with van der Waals surface area (Å²) in [6.45, 7) is 1.18. The van der Waals surface area contributed by atoms with Crippen LogP contribution in [0.3, 0.4) is 0 Å². The molecule has 4 heterocycles. The number of aromatic nitrogens is 4. The number of aromatic amines is 1. The van der Waals surface area contributed by atoms with Gasteiger partial charge in [-0.15, -0.1) is 0 Å². The maximum atomic E-state index is 13.6. The topological polar surface area (TPSA) is 114 Å². The summed E-state index contributed by atoms with van der Waals surface area (Å²) < 4.78 is 2.15. The zero-order valence-corrected chi connectivity index (χ0v) is 17.4. The molecule has 0 radical (unpaired) electrons. The van der Waals surface area contributed by atoms with Crippen molar-refractivity contribution < 1.29 is 6.22 Å². The van der Waals surface area contributed by atoms with Crippen molar-refractivity contribution in [1.82, 2.24) is 24.4 Å². The van der Waals surface area contributed by atoms with Gasteiger partial charge in [-0.25, -0.2) is 9.97 Å². The van der Waals surface area contributed by atoms with E-state index >= 15 is 0 Å². The van der Waals surface area contributed by atoms with Gasteiger partial charge in [0.15, 0.2) is 0 Å². The molecule has 8 nitrogen and oxygen atoms in total. The first kappa shape index (κ1) is 19.6. The van der Waals surface area contributed by atoms with Crippen LogP contribution < -0.4 is 0 Å². The summed E-state index contributed by atoms with van der Waals surface area (Å²) in [5, 5.41) is 19.2. The number of fused-ring (bicyclic) bond motifs is 3. The number of nitrogens with one attached hydrogen (secondary N) is 1. The van der Waals surface area contributed by atoms with Crippen LogP contribution in [0.1, 0.15) is 63.0 Å². The van der Waals surface area contributed by atoms with Crippen LogP contribution in [0.5, 0.6) is 0 Å². The molecule has 1 saturated carbocycles. The van der Waals surface area contributed by atoms with E-state index in [9.17, 15) is 10.1 Å². The minimum Gasteiger partial charge on any atom is -0.346 e. The lowest BCUT2D eigenvalue weighted by Gasteiger charge is -2.32. The normalized spacial score (nSPS) is 22.5. The predicted octanol–water partition coefficient (Wildman–Crippen LogP) is 4.18. The van der Waals surface area contributed by atoms with E-state index in [-0.39, 0.29) is 19.3 Å². The smallest absolute Gasteiger partial charge is 0.289 e. The van der Waals surface area contributed by atoms with Crippen LogP contribution in [-0.4, -0.2) is 43.4 Å². The monoisotopic (exact) mass is 417 g/mol. The Morgan fingerprint density at radius 1 is 1.19 bits per heavy atom. The van der Waals surface area contributed by atoms with Crippen LogP contribution in [0.15, 0.2) is 18.5 Å². The Balaban J connectivity index is 0.00000245. The Morgan fingerprint density at radius 2 is 1.97 bits per heavy atom. The van der Waals surface area contributed by atoms with Crippen molar-refractivity contribution in [3.63, 3.8) is 0 Å². The van der Waals surface area contributed by atoms with Crippen LogP contribution in [0, 0.1) is 34.5 Å². The molecule has 3 aromatic rings. The molecule has 1 aliphatic carbocycles. The number of pyridine rings is 1. The number of rotatable bonds is 3. The summed E-state index contributed by atoms with van der Waals surface area (Å²) >= 11 is 0. The van der Waals surface area contributed by atoms with Crippen LogP contribution >= 0.6 is 0 Å². The first-order valence-electron chi connectivity index (χ1n) is 11.1. The molecular formula is C23H27N7O. The van der Waals surface area contributed by atoms with Gasteiger partial charge in [0, 0.05) is 44.5 Å². The molecule has 1 amide bonds. The van der Waals surface area contributed by atoms with Gasteiger partial charge in [-0.1, -0.05) is 0 Å². The molecule has 2 aliphatic rings. The summed E-state index contributed by atoms with van der Waals surface area (Å²) in [5.74, 6) is 0.885. The number of carbonyl (C=O) groups excluding carboxylic acids is 1. The molecule has 2 fully saturated rings. The number of imidazole rings is 1. The number of hydrogen-bond acceptors (Lipinski definition) is 5. The van der Waals surface area contributed by atoms with E-state index in [4.69, 9.17) is 10.2 Å². The fraction of sp³-hybridized carbons (Fsp3) is 0.522. The molecule has 8 heteroatoms. The van der Waals surface area contributed by atoms with E-state index in [1.54, 1.807) is 6.20 Å². The van der Waals surface area contributed by atoms with E-state index in [1.807, 2.05) is 17.2 Å². The lowest BCUT2D eigenvalue weighted by Crippen LogP contribution is -2.40. The van der Waals surface area contributed by atoms with Gasteiger partial charge < -0.3 is 14.5 Å². The quantitative estimate of drug-likeness (QED) is 0.686. The van der Waals surface area contributed by atoms with Crippen LogP contribution in [0.2, 0.25) is 0 Å². The number of piperidine rings is 1. The summed E-state index contributed by atoms with van der Waals surface area (Å²) in [6, 6.07) is 6.80. The first-order chi connectivity index (χ1) is 15.2. The van der Waals surface area contributed by atoms with E-state index < -0.39 is 0 Å². The molecule has 1 saturated heterocycles. The number of carbonyl (C=O) groups is 1. The average molecular weight is 418 g/mol. The number of hydrogen-bond donors (Lipinski definition) is 1. The SMILES string of the molecule is N#CCC1CCC(n2c(C(=O)N3CCC(C#N)CC3)nc3cnc4[nH]ccc4c32)CC1.[HH]. The van der Waals surface area contributed by atoms with E-state index in [0.29, 0.717) is 44.1 Å². The highest BCUT2D eigenvalue weighted by Gasteiger charge is 2.32. The lowest BCUT2D eigenvalue weighted by atomic mass is 9.84. The number of likely N-dealkylation sites (tertiary alicyclic amines) is 1. The maximum absolute atomic E-state index is 13.6. The lowest BCUT2D eigenvalue weighted by molar-refractivity contribution is 0.0685. The Hall–Kier alpha value is -3.39. The number of nitrogens with zero attached hydrogens (tertiary/aromatic N) is 6. The highest BCUT2D eigenvalue weighted by Crippen LogP contribution is 2.38. The van der Waals surface area contributed by atoms with Gasteiger partial charge in [0.1, 0.15) is 11.2 Å². The maximum Gasteiger partial charge on any atom is 0.289 e. The van der Waals surface area contributed by atoms with Crippen molar-refractivity contribution in [3.8, 4) is 12.1 Å². The molecule has 1 N–H and O–H groups in total. The van der Waals surface area contributed by atoms with Crippen molar-refractivity contribution in [3.05, 3.63) is 24.3 Å².